The molecule has 0 radical (unpaired) electrons. The molecule has 0 saturated heterocycles. The second-order valence-corrected chi connectivity index (χ2v) is 3.51. The number of carbonyl (C=O) groups excluding carboxylic acids is 1. The summed E-state index contributed by atoms with van der Waals surface area (Å²) in [5.74, 6) is -0.570. The van der Waals surface area contributed by atoms with E-state index in [1.165, 1.54) is 0 Å². The van der Waals surface area contributed by atoms with Gasteiger partial charge in [-0.25, -0.2) is 4.39 Å². The fourth-order valence-electron chi connectivity index (χ4n) is 0.827. The van der Waals surface area contributed by atoms with Crippen molar-refractivity contribution in [1.82, 2.24) is 5.32 Å². The molecular weight excluding hydrogens is 161 g/mol. The molecule has 0 aromatic carbocycles. The number of methoxy groups -OCH3 is 1. The number of carbonyl (C=O) groups is 1. The van der Waals surface area contributed by atoms with Gasteiger partial charge in [-0.1, -0.05) is 13.8 Å². The van der Waals surface area contributed by atoms with Gasteiger partial charge in [-0.05, 0) is 0 Å². The van der Waals surface area contributed by atoms with Crippen molar-refractivity contribution in [1.29, 1.82) is 0 Å². The van der Waals surface area contributed by atoms with E-state index in [1.54, 1.807) is 7.11 Å². The highest BCUT2D eigenvalue weighted by Gasteiger charge is 2.18. The summed E-state index contributed by atoms with van der Waals surface area (Å²) >= 11 is 0. The monoisotopic (exact) mass is 177 g/mol. The maximum Gasteiger partial charge on any atom is 0.251 e. The highest BCUT2D eigenvalue weighted by Crippen LogP contribution is 2.12. The lowest BCUT2D eigenvalue weighted by atomic mass is 9.95. The first-order chi connectivity index (χ1) is 5.52. The summed E-state index contributed by atoms with van der Waals surface area (Å²) < 4.78 is 16.6. The Morgan fingerprint density at radius 2 is 2.17 bits per heavy atom. The summed E-state index contributed by atoms with van der Waals surface area (Å²) in [7, 11) is 1.60. The Bertz CT molecular complexity index is 148. The van der Waals surface area contributed by atoms with Crippen LogP contribution in [-0.4, -0.2) is 32.8 Å². The van der Waals surface area contributed by atoms with Crippen LogP contribution in [-0.2, 0) is 9.53 Å². The number of alkyl halides is 1. The van der Waals surface area contributed by atoms with Gasteiger partial charge in [0.1, 0.15) is 0 Å². The molecule has 0 fully saturated rings. The highest BCUT2D eigenvalue weighted by molar-refractivity contribution is 5.76. The zero-order chi connectivity index (χ0) is 9.61. The van der Waals surface area contributed by atoms with Crippen molar-refractivity contribution in [3.8, 4) is 0 Å². The first kappa shape index (κ1) is 11.4. The molecule has 3 nitrogen and oxygen atoms in total. The maximum atomic E-state index is 11.7. The fourth-order valence-corrected chi connectivity index (χ4v) is 0.827. The van der Waals surface area contributed by atoms with Gasteiger partial charge in [-0.3, -0.25) is 4.79 Å². The van der Waals surface area contributed by atoms with Crippen LogP contribution in [0.3, 0.4) is 0 Å². The van der Waals surface area contributed by atoms with Crippen molar-refractivity contribution in [2.75, 3.05) is 26.9 Å². The van der Waals surface area contributed by atoms with E-state index in [9.17, 15) is 9.18 Å². The Morgan fingerprint density at radius 3 is 2.58 bits per heavy atom. The third-order valence-corrected chi connectivity index (χ3v) is 1.42. The minimum Gasteiger partial charge on any atom is -0.384 e. The van der Waals surface area contributed by atoms with E-state index in [1.807, 2.05) is 13.8 Å². The predicted molar refractivity (Wildman–Crippen MR) is 44.6 cm³/mol. The highest BCUT2D eigenvalue weighted by atomic mass is 19.1. The lowest BCUT2D eigenvalue weighted by molar-refractivity contribution is -0.122. The molecule has 0 aliphatic rings. The summed E-state index contributed by atoms with van der Waals surface area (Å²) in [6.45, 7) is 3.90. The first-order valence-electron chi connectivity index (χ1n) is 3.83. The summed E-state index contributed by atoms with van der Waals surface area (Å²) in [6.07, 6.45) is 0. The molecule has 0 unspecified atom stereocenters. The number of halogens is 1. The fraction of sp³-hybridized carbons (Fsp3) is 0.875. The SMILES string of the molecule is COCC(C)(C)CNC(=O)CF. The van der Waals surface area contributed by atoms with Gasteiger partial charge in [0.25, 0.3) is 5.91 Å². The standard InChI is InChI=1S/C8H16FNO2/c1-8(2,6-12-3)5-10-7(11)4-9/h4-6H2,1-3H3,(H,10,11). The van der Waals surface area contributed by atoms with E-state index < -0.39 is 12.6 Å². The summed E-state index contributed by atoms with van der Waals surface area (Å²) in [5.41, 5.74) is -0.139. The molecule has 72 valence electrons. The van der Waals surface area contributed by atoms with Gasteiger partial charge in [-0.2, -0.15) is 0 Å². The van der Waals surface area contributed by atoms with Crippen LogP contribution in [0.15, 0.2) is 0 Å². The molecule has 0 aromatic heterocycles. The van der Waals surface area contributed by atoms with E-state index in [2.05, 4.69) is 5.32 Å². The lowest BCUT2D eigenvalue weighted by Gasteiger charge is -2.23. The molecule has 0 aliphatic carbocycles. The summed E-state index contributed by atoms with van der Waals surface area (Å²) in [5, 5.41) is 2.46. The maximum absolute atomic E-state index is 11.7. The van der Waals surface area contributed by atoms with Crippen LogP contribution in [0.5, 0.6) is 0 Å². The minimum atomic E-state index is -0.955. The molecule has 0 rings (SSSR count). The van der Waals surface area contributed by atoms with Crippen LogP contribution >= 0.6 is 0 Å². The summed E-state index contributed by atoms with van der Waals surface area (Å²) in [6, 6.07) is 0. The van der Waals surface area contributed by atoms with E-state index >= 15 is 0 Å². The average Bonchev–Trinajstić information content (AvgIpc) is 2.00. The quantitative estimate of drug-likeness (QED) is 0.672. The molecule has 0 aromatic rings. The number of rotatable bonds is 5. The van der Waals surface area contributed by atoms with Crippen molar-refractivity contribution < 1.29 is 13.9 Å². The third-order valence-electron chi connectivity index (χ3n) is 1.42. The van der Waals surface area contributed by atoms with E-state index in [4.69, 9.17) is 4.74 Å². The molecule has 0 bridgehead atoms. The van der Waals surface area contributed by atoms with Gasteiger partial charge in [0.05, 0.1) is 6.61 Å². The van der Waals surface area contributed by atoms with Gasteiger partial charge < -0.3 is 10.1 Å². The van der Waals surface area contributed by atoms with Crippen molar-refractivity contribution >= 4 is 5.91 Å². The molecular formula is C8H16FNO2. The number of nitrogens with one attached hydrogen (secondary N) is 1. The van der Waals surface area contributed by atoms with Crippen LogP contribution in [0.4, 0.5) is 4.39 Å². The Morgan fingerprint density at radius 1 is 1.58 bits per heavy atom. The molecule has 0 aliphatic heterocycles. The van der Waals surface area contributed by atoms with Crippen LogP contribution in [0.25, 0.3) is 0 Å². The van der Waals surface area contributed by atoms with Crippen LogP contribution < -0.4 is 5.32 Å². The summed E-state index contributed by atoms with van der Waals surface area (Å²) in [4.78, 5) is 10.5. The Hall–Kier alpha value is -0.640. The van der Waals surface area contributed by atoms with Gasteiger partial charge >= 0.3 is 0 Å². The van der Waals surface area contributed by atoms with Crippen molar-refractivity contribution in [3.05, 3.63) is 0 Å². The van der Waals surface area contributed by atoms with E-state index in [0.717, 1.165) is 0 Å². The molecule has 0 saturated carbocycles. The van der Waals surface area contributed by atoms with E-state index in [-0.39, 0.29) is 5.41 Å². The van der Waals surface area contributed by atoms with Crippen molar-refractivity contribution in [2.24, 2.45) is 5.41 Å². The number of amides is 1. The van der Waals surface area contributed by atoms with Gasteiger partial charge in [0.15, 0.2) is 6.67 Å². The predicted octanol–water partition coefficient (Wildman–Crippen LogP) is 0.745. The molecule has 1 amide bonds. The van der Waals surface area contributed by atoms with Gasteiger partial charge in [0.2, 0.25) is 0 Å². The zero-order valence-corrected chi connectivity index (χ0v) is 7.82. The lowest BCUT2D eigenvalue weighted by Crippen LogP contribution is -2.37. The topological polar surface area (TPSA) is 38.3 Å². The molecule has 4 heteroatoms. The number of ether oxygens (including phenoxy) is 1. The smallest absolute Gasteiger partial charge is 0.251 e. The minimum absolute atomic E-state index is 0.139. The van der Waals surface area contributed by atoms with Crippen LogP contribution in [0.2, 0.25) is 0 Å². The number of hydrogen-bond acceptors (Lipinski definition) is 2. The van der Waals surface area contributed by atoms with Crippen molar-refractivity contribution in [2.45, 2.75) is 13.8 Å². The van der Waals surface area contributed by atoms with Crippen LogP contribution in [0.1, 0.15) is 13.8 Å². The molecule has 1 N–H and O–H groups in total. The number of hydrogen-bond donors (Lipinski definition) is 1. The largest absolute Gasteiger partial charge is 0.384 e. The van der Waals surface area contributed by atoms with Gasteiger partial charge in [-0.15, -0.1) is 0 Å². The Kier molecular flexibility index (Phi) is 4.81. The Balaban J connectivity index is 3.67. The molecule has 0 spiro atoms. The Labute approximate surface area is 72.3 Å². The normalized spacial score (nSPS) is 11.3. The second-order valence-electron chi connectivity index (χ2n) is 3.51. The third kappa shape index (κ3) is 5.07. The molecule has 0 heterocycles. The van der Waals surface area contributed by atoms with Gasteiger partial charge in [0, 0.05) is 19.1 Å². The first-order valence-corrected chi connectivity index (χ1v) is 3.83. The molecule has 0 atom stereocenters. The molecule has 12 heavy (non-hydrogen) atoms. The van der Waals surface area contributed by atoms with E-state index in [0.29, 0.717) is 13.2 Å². The average molecular weight is 177 g/mol. The van der Waals surface area contributed by atoms with Crippen LogP contribution in [0, 0.1) is 5.41 Å². The second kappa shape index (κ2) is 5.09. The zero-order valence-electron chi connectivity index (χ0n) is 7.82. The van der Waals surface area contributed by atoms with Crippen molar-refractivity contribution in [3.63, 3.8) is 0 Å².